The number of hydrogen-bond donors (Lipinski definition) is 3. The summed E-state index contributed by atoms with van der Waals surface area (Å²) >= 11 is 0. The average Bonchev–Trinajstić information content (AvgIpc) is 2.07. The van der Waals surface area contributed by atoms with Crippen molar-refractivity contribution in [3.8, 4) is 0 Å². The van der Waals surface area contributed by atoms with Gasteiger partial charge in [-0.1, -0.05) is 0 Å². The Morgan fingerprint density at radius 2 is 2.09 bits per heavy atom. The Hall–Kier alpha value is -0.450. The van der Waals surface area contributed by atoms with Crippen LogP contribution in [-0.4, -0.2) is 34.2 Å². The Bertz CT molecular complexity index is 160. The van der Waals surface area contributed by atoms with Crippen molar-refractivity contribution in [2.24, 2.45) is 5.73 Å². The monoisotopic (exact) mass is 159 g/mol. The third-order valence-electron chi connectivity index (χ3n) is 2.05. The molecule has 1 rings (SSSR count). The van der Waals surface area contributed by atoms with Gasteiger partial charge in [-0.3, -0.25) is 4.79 Å². The second-order valence-electron chi connectivity index (χ2n) is 2.96. The van der Waals surface area contributed by atoms with Crippen LogP contribution in [0.5, 0.6) is 0 Å². The standard InChI is InChI=1S/C7H13NO3/c8-4-2-1-3-5(9)7(11)6(4)10/h4,6-7,10-11H,1-3,8H2. The molecule has 0 aliphatic heterocycles. The molecule has 1 aliphatic carbocycles. The predicted octanol–water partition coefficient (Wildman–Crippen LogP) is -1.21. The Balaban J connectivity index is 2.65. The number of ketones is 1. The lowest BCUT2D eigenvalue weighted by molar-refractivity contribution is -0.132. The molecule has 4 heteroatoms. The summed E-state index contributed by atoms with van der Waals surface area (Å²) in [5, 5.41) is 18.3. The van der Waals surface area contributed by atoms with Gasteiger partial charge in [0.25, 0.3) is 0 Å². The van der Waals surface area contributed by atoms with Gasteiger partial charge in [0.2, 0.25) is 0 Å². The summed E-state index contributed by atoms with van der Waals surface area (Å²) in [5.74, 6) is -0.301. The van der Waals surface area contributed by atoms with E-state index in [4.69, 9.17) is 10.8 Å². The van der Waals surface area contributed by atoms with Crippen LogP contribution in [0.3, 0.4) is 0 Å². The molecular weight excluding hydrogens is 146 g/mol. The first-order chi connectivity index (χ1) is 5.13. The number of aliphatic hydroxyl groups is 2. The van der Waals surface area contributed by atoms with E-state index in [1.54, 1.807) is 0 Å². The summed E-state index contributed by atoms with van der Waals surface area (Å²) < 4.78 is 0. The molecule has 0 aromatic heterocycles. The third-order valence-corrected chi connectivity index (χ3v) is 2.05. The van der Waals surface area contributed by atoms with Crippen LogP contribution >= 0.6 is 0 Å². The van der Waals surface area contributed by atoms with Crippen LogP contribution in [-0.2, 0) is 4.79 Å². The van der Waals surface area contributed by atoms with Gasteiger partial charge in [-0.25, -0.2) is 0 Å². The zero-order chi connectivity index (χ0) is 8.43. The maximum atomic E-state index is 10.9. The highest BCUT2D eigenvalue weighted by Crippen LogP contribution is 2.14. The number of nitrogens with two attached hydrogens (primary N) is 1. The molecule has 0 radical (unpaired) electrons. The van der Waals surface area contributed by atoms with E-state index in [-0.39, 0.29) is 5.78 Å². The van der Waals surface area contributed by atoms with Crippen LogP contribution in [0.15, 0.2) is 0 Å². The highest BCUT2D eigenvalue weighted by Gasteiger charge is 2.31. The van der Waals surface area contributed by atoms with Gasteiger partial charge in [0.05, 0.1) is 0 Å². The summed E-state index contributed by atoms with van der Waals surface area (Å²) in [4.78, 5) is 10.9. The van der Waals surface area contributed by atoms with E-state index in [1.807, 2.05) is 0 Å². The molecule has 0 saturated heterocycles. The summed E-state index contributed by atoms with van der Waals surface area (Å²) in [6, 6.07) is -0.462. The predicted molar refractivity (Wildman–Crippen MR) is 38.8 cm³/mol. The zero-order valence-electron chi connectivity index (χ0n) is 6.23. The number of aliphatic hydroxyl groups excluding tert-OH is 2. The first-order valence-electron chi connectivity index (χ1n) is 3.77. The first kappa shape index (κ1) is 8.64. The molecule has 0 amide bonds. The molecule has 0 bridgehead atoms. The van der Waals surface area contributed by atoms with Gasteiger partial charge >= 0.3 is 0 Å². The maximum absolute atomic E-state index is 10.9. The zero-order valence-corrected chi connectivity index (χ0v) is 6.23. The van der Waals surface area contributed by atoms with E-state index in [9.17, 15) is 9.90 Å². The van der Waals surface area contributed by atoms with E-state index in [0.717, 1.165) is 0 Å². The van der Waals surface area contributed by atoms with Crippen molar-refractivity contribution in [2.45, 2.75) is 37.5 Å². The number of Topliss-reactive ketones (excluding diaryl/α,β-unsaturated/α-hetero) is 1. The smallest absolute Gasteiger partial charge is 0.164 e. The molecule has 4 N–H and O–H groups in total. The Morgan fingerprint density at radius 1 is 1.45 bits per heavy atom. The molecular formula is C7H13NO3. The van der Waals surface area contributed by atoms with Crippen molar-refractivity contribution in [3.05, 3.63) is 0 Å². The molecule has 11 heavy (non-hydrogen) atoms. The molecule has 1 aliphatic rings. The van der Waals surface area contributed by atoms with E-state index < -0.39 is 18.2 Å². The average molecular weight is 159 g/mol. The molecule has 1 fully saturated rings. The normalized spacial score (nSPS) is 40.3. The SMILES string of the molecule is NC1CCCC(=O)C(O)C1O. The molecule has 4 nitrogen and oxygen atoms in total. The van der Waals surface area contributed by atoms with Gasteiger partial charge in [0.15, 0.2) is 5.78 Å². The Morgan fingerprint density at radius 3 is 2.73 bits per heavy atom. The molecule has 1 saturated carbocycles. The van der Waals surface area contributed by atoms with Gasteiger partial charge in [-0.15, -0.1) is 0 Å². The van der Waals surface area contributed by atoms with Crippen molar-refractivity contribution in [2.75, 3.05) is 0 Å². The lowest BCUT2D eigenvalue weighted by Crippen LogP contribution is -2.44. The van der Waals surface area contributed by atoms with Crippen LogP contribution in [0.4, 0.5) is 0 Å². The number of carbonyl (C=O) groups is 1. The van der Waals surface area contributed by atoms with E-state index in [0.29, 0.717) is 19.3 Å². The van der Waals surface area contributed by atoms with Crippen molar-refractivity contribution in [3.63, 3.8) is 0 Å². The molecule has 0 spiro atoms. The Labute approximate surface area is 65.0 Å². The molecule has 64 valence electrons. The molecule has 3 unspecified atom stereocenters. The summed E-state index contributed by atoms with van der Waals surface area (Å²) in [5.41, 5.74) is 5.47. The number of carbonyl (C=O) groups excluding carboxylic acids is 1. The Kier molecular flexibility index (Phi) is 2.59. The summed E-state index contributed by atoms with van der Waals surface area (Å²) in [6.45, 7) is 0. The van der Waals surface area contributed by atoms with Crippen molar-refractivity contribution in [1.82, 2.24) is 0 Å². The second-order valence-corrected chi connectivity index (χ2v) is 2.96. The van der Waals surface area contributed by atoms with Crippen LogP contribution in [0.25, 0.3) is 0 Å². The van der Waals surface area contributed by atoms with Gasteiger partial charge in [-0.05, 0) is 12.8 Å². The molecule has 3 atom stereocenters. The van der Waals surface area contributed by atoms with Crippen molar-refractivity contribution in [1.29, 1.82) is 0 Å². The van der Waals surface area contributed by atoms with Gasteiger partial charge in [0.1, 0.15) is 12.2 Å². The van der Waals surface area contributed by atoms with Crippen LogP contribution in [0.2, 0.25) is 0 Å². The quantitative estimate of drug-likeness (QED) is 0.387. The first-order valence-corrected chi connectivity index (χ1v) is 3.77. The molecule has 0 heterocycles. The van der Waals surface area contributed by atoms with Crippen LogP contribution < -0.4 is 5.73 Å². The van der Waals surface area contributed by atoms with Crippen molar-refractivity contribution < 1.29 is 15.0 Å². The fraction of sp³-hybridized carbons (Fsp3) is 0.857. The largest absolute Gasteiger partial charge is 0.388 e. The maximum Gasteiger partial charge on any atom is 0.164 e. The highest BCUT2D eigenvalue weighted by molar-refractivity contribution is 5.83. The lowest BCUT2D eigenvalue weighted by atomic mass is 10.1. The number of hydrogen-bond acceptors (Lipinski definition) is 4. The molecule has 0 aromatic carbocycles. The fourth-order valence-electron chi connectivity index (χ4n) is 1.26. The fourth-order valence-corrected chi connectivity index (χ4v) is 1.26. The highest BCUT2D eigenvalue weighted by atomic mass is 16.3. The molecule has 0 aromatic rings. The van der Waals surface area contributed by atoms with Crippen LogP contribution in [0.1, 0.15) is 19.3 Å². The van der Waals surface area contributed by atoms with Crippen molar-refractivity contribution >= 4 is 5.78 Å². The van der Waals surface area contributed by atoms with Gasteiger partial charge in [0, 0.05) is 12.5 Å². The minimum absolute atomic E-state index is 0.301. The van der Waals surface area contributed by atoms with Gasteiger partial charge < -0.3 is 15.9 Å². The van der Waals surface area contributed by atoms with E-state index in [2.05, 4.69) is 0 Å². The van der Waals surface area contributed by atoms with E-state index in [1.165, 1.54) is 0 Å². The third kappa shape index (κ3) is 1.77. The summed E-state index contributed by atoms with van der Waals surface area (Å²) in [6.07, 6.45) is -0.762. The second kappa shape index (κ2) is 3.30. The van der Waals surface area contributed by atoms with Gasteiger partial charge in [-0.2, -0.15) is 0 Å². The minimum Gasteiger partial charge on any atom is -0.388 e. The topological polar surface area (TPSA) is 83.6 Å². The minimum atomic E-state index is -1.27. The lowest BCUT2D eigenvalue weighted by Gasteiger charge is -2.18. The summed E-state index contributed by atoms with van der Waals surface area (Å²) in [7, 11) is 0. The van der Waals surface area contributed by atoms with Crippen LogP contribution in [0, 0.1) is 0 Å². The van der Waals surface area contributed by atoms with E-state index >= 15 is 0 Å². The number of rotatable bonds is 0.